The quantitative estimate of drug-likeness (QED) is 0.0743. The van der Waals surface area contributed by atoms with Gasteiger partial charge in [0.1, 0.15) is 0 Å². The van der Waals surface area contributed by atoms with Crippen molar-refractivity contribution >= 4 is 134 Å². The van der Waals surface area contributed by atoms with Crippen LogP contribution in [-0.4, -0.2) is 39.6 Å². The lowest BCUT2D eigenvalue weighted by atomic mass is 9.93. The highest BCUT2D eigenvalue weighted by molar-refractivity contribution is 8.28. The molecule has 0 spiro atoms. The minimum Gasteiger partial charge on any atom is -0.489 e. The Morgan fingerprint density at radius 1 is 0.317 bits per heavy atom. The summed E-state index contributed by atoms with van der Waals surface area (Å²) in [7, 11) is 0. The molecule has 0 fully saturated rings. The van der Waals surface area contributed by atoms with Crippen LogP contribution in [0.25, 0.3) is 32.3 Å². The fourth-order valence-electron chi connectivity index (χ4n) is 10.8. The molecule has 7 aromatic rings. The molecule has 7 aromatic carbocycles. The van der Waals surface area contributed by atoms with E-state index in [4.69, 9.17) is 63.8 Å². The Bertz CT molecular complexity index is 2790. The van der Waals surface area contributed by atoms with Crippen LogP contribution in [0.5, 0.6) is 34.5 Å². The molecule has 0 bridgehead atoms. The number of benzene rings is 7. The molecule has 0 unspecified atom stereocenters. The van der Waals surface area contributed by atoms with Gasteiger partial charge in [-0.2, -0.15) is 0 Å². The molecule has 324 valence electrons. The molecule has 10 rings (SSSR count). The first kappa shape index (κ1) is 43.0. The summed E-state index contributed by atoms with van der Waals surface area (Å²) in [6, 6.07) is 16.4. The van der Waals surface area contributed by atoms with Crippen molar-refractivity contribution in [2.75, 3.05) is 39.6 Å². The van der Waals surface area contributed by atoms with Crippen LogP contribution in [-0.2, 0) is 35.4 Å². The zero-order valence-corrected chi connectivity index (χ0v) is 42.3. The average molecular weight is 949 g/mol. The van der Waals surface area contributed by atoms with Gasteiger partial charge in [0, 0.05) is 82.3 Å². The SMILES string of the molecule is CCOc1c(OCC)c2c3c4c1P(=S)(c1ccccc1C)c1c(OCC)c(OCC)c5c(c14)c1c(c(OCC)c(OCC)c(c31)P2(=S)c1ccccc1C)P5(=S)c1ccccc1C. The lowest BCUT2D eigenvalue weighted by Crippen LogP contribution is -2.30. The molecular weight excluding hydrogens is 898 g/mol. The Labute approximate surface area is 385 Å². The molecule has 3 aliphatic rings. The monoisotopic (exact) mass is 948 g/mol. The van der Waals surface area contributed by atoms with Crippen LogP contribution in [0.4, 0.5) is 0 Å². The maximum Gasteiger partial charge on any atom is 0.171 e. The van der Waals surface area contributed by atoms with E-state index in [0.29, 0.717) is 74.1 Å². The summed E-state index contributed by atoms with van der Waals surface area (Å²) in [4.78, 5) is 0. The third kappa shape index (κ3) is 5.33. The molecular formula is C51H51O6P3S3. The molecule has 12 heteroatoms. The predicted molar refractivity (Wildman–Crippen MR) is 279 cm³/mol. The highest BCUT2D eigenvalue weighted by Gasteiger charge is 2.56. The molecule has 0 N–H and O–H groups in total. The van der Waals surface area contributed by atoms with E-state index < -0.39 is 18.1 Å². The van der Waals surface area contributed by atoms with Gasteiger partial charge in [0.15, 0.2) is 34.5 Å². The standard InChI is InChI=1S/C51H51O6P3S3/c1-10-52-40-41(53-11-2)47-35-34-36-38-39-37(35)49(59(47,62)32-26-20-17-23-29(32)8)44(56-14-5)45(57-15-6)51(39)60(63,33-27-21-18-24-30(33)9)50(38)43(55-13-4)42(54-12-3)48(36)58(61,46(34)40)31-25-19-16-22-28(31)7/h16-27H,10-15H2,1-9H3. The minimum atomic E-state index is -3.09. The summed E-state index contributed by atoms with van der Waals surface area (Å²) < 4.78 is 42.4. The molecule has 0 saturated carbocycles. The smallest absolute Gasteiger partial charge is 0.171 e. The van der Waals surface area contributed by atoms with Crippen LogP contribution >= 0.6 is 18.1 Å². The van der Waals surface area contributed by atoms with Crippen molar-refractivity contribution in [3.8, 4) is 34.5 Å². The van der Waals surface area contributed by atoms with Gasteiger partial charge in [-0.15, -0.1) is 0 Å². The Hall–Kier alpha value is -3.93. The number of hydrogen-bond acceptors (Lipinski definition) is 9. The second kappa shape index (κ2) is 15.6. The van der Waals surface area contributed by atoms with Crippen molar-refractivity contribution in [1.29, 1.82) is 0 Å². The van der Waals surface area contributed by atoms with Crippen molar-refractivity contribution in [2.24, 2.45) is 0 Å². The van der Waals surface area contributed by atoms with Crippen LogP contribution in [0, 0.1) is 20.8 Å². The first-order valence-electron chi connectivity index (χ1n) is 22.0. The van der Waals surface area contributed by atoms with Crippen LogP contribution in [0.15, 0.2) is 72.8 Å². The van der Waals surface area contributed by atoms with Crippen LogP contribution in [0.3, 0.4) is 0 Å². The molecule has 0 aromatic heterocycles. The van der Waals surface area contributed by atoms with Crippen molar-refractivity contribution in [2.45, 2.75) is 62.3 Å². The van der Waals surface area contributed by atoms with E-state index in [2.05, 4.69) is 93.6 Å². The van der Waals surface area contributed by atoms with Gasteiger partial charge in [0.25, 0.3) is 0 Å². The normalized spacial score (nSPS) is 20.0. The average Bonchev–Trinajstić information content (AvgIpc) is 3.82. The summed E-state index contributed by atoms with van der Waals surface area (Å²) in [5, 5.41) is 15.5. The van der Waals surface area contributed by atoms with Crippen molar-refractivity contribution < 1.29 is 28.4 Å². The second-order valence-electron chi connectivity index (χ2n) is 16.1. The van der Waals surface area contributed by atoms with E-state index in [9.17, 15) is 0 Å². The number of rotatable bonds is 15. The summed E-state index contributed by atoms with van der Waals surface area (Å²) >= 11 is 22.6. The number of ether oxygens (including phenoxy) is 6. The Morgan fingerprint density at radius 3 is 0.651 bits per heavy atom. The summed E-state index contributed by atoms with van der Waals surface area (Å²) in [5.41, 5.74) is 3.31. The summed E-state index contributed by atoms with van der Waals surface area (Å²) in [5.74, 6) is 4.02. The van der Waals surface area contributed by atoms with E-state index in [0.717, 1.165) is 96.7 Å². The zero-order valence-electron chi connectivity index (χ0n) is 37.2. The van der Waals surface area contributed by atoms with Crippen LogP contribution in [0.1, 0.15) is 58.2 Å². The topological polar surface area (TPSA) is 55.4 Å². The molecule has 6 nitrogen and oxygen atoms in total. The second-order valence-corrected chi connectivity index (χ2v) is 28.8. The first-order valence-corrected chi connectivity index (χ1v) is 30.4. The fraction of sp³-hybridized carbons (Fsp3) is 0.294. The molecule has 0 atom stereocenters. The van der Waals surface area contributed by atoms with Gasteiger partial charge in [-0.1, -0.05) is 108 Å². The van der Waals surface area contributed by atoms with Crippen molar-refractivity contribution in [3.05, 3.63) is 89.5 Å². The molecule has 0 saturated heterocycles. The van der Waals surface area contributed by atoms with Crippen molar-refractivity contribution in [3.63, 3.8) is 0 Å². The fourth-order valence-corrected chi connectivity index (χ4v) is 26.4. The van der Waals surface area contributed by atoms with Gasteiger partial charge in [0.05, 0.1) is 39.6 Å². The van der Waals surface area contributed by atoms with Gasteiger partial charge >= 0.3 is 0 Å². The lowest BCUT2D eigenvalue weighted by molar-refractivity contribution is 0.292. The molecule has 63 heavy (non-hydrogen) atoms. The van der Waals surface area contributed by atoms with Crippen molar-refractivity contribution in [1.82, 2.24) is 0 Å². The first-order chi connectivity index (χ1) is 30.5. The van der Waals surface area contributed by atoms with Gasteiger partial charge in [0.2, 0.25) is 0 Å². The highest BCUT2D eigenvalue weighted by Crippen LogP contribution is 2.71. The van der Waals surface area contributed by atoms with Gasteiger partial charge in [-0.25, -0.2) is 0 Å². The number of hydrogen-bond donors (Lipinski definition) is 0. The van der Waals surface area contributed by atoms with E-state index in [1.165, 1.54) is 0 Å². The molecule has 0 aliphatic carbocycles. The molecule has 0 amide bonds. The van der Waals surface area contributed by atoms with E-state index >= 15 is 0 Å². The van der Waals surface area contributed by atoms with Crippen LogP contribution in [0.2, 0.25) is 0 Å². The lowest BCUT2D eigenvalue weighted by Gasteiger charge is -2.30. The summed E-state index contributed by atoms with van der Waals surface area (Å²) in [6.45, 7) is 21.1. The predicted octanol–water partition coefficient (Wildman–Crippen LogP) is 8.67. The molecule has 0 radical (unpaired) electrons. The Kier molecular flexibility index (Phi) is 10.7. The Morgan fingerprint density at radius 2 is 0.492 bits per heavy atom. The van der Waals surface area contributed by atoms with E-state index in [1.54, 1.807) is 0 Å². The third-order valence-corrected chi connectivity index (χ3v) is 27.8. The highest BCUT2D eigenvalue weighted by atomic mass is 32.4. The third-order valence-electron chi connectivity index (χ3n) is 12.8. The molecule has 3 aliphatic heterocycles. The van der Waals surface area contributed by atoms with Gasteiger partial charge in [-0.3, -0.25) is 0 Å². The summed E-state index contributed by atoms with van der Waals surface area (Å²) in [6.07, 6.45) is 0. The maximum absolute atomic E-state index is 7.53. The van der Waals surface area contributed by atoms with Gasteiger partial charge in [-0.05, 0) is 94.9 Å². The number of aryl methyl sites for hydroxylation is 3. The zero-order chi connectivity index (χ0) is 44.3. The molecule has 3 heterocycles. The van der Waals surface area contributed by atoms with Gasteiger partial charge < -0.3 is 28.4 Å². The Balaban J connectivity index is 1.65. The minimum absolute atomic E-state index is 0.397. The van der Waals surface area contributed by atoms with Crippen LogP contribution < -0.4 is 76.2 Å². The largest absolute Gasteiger partial charge is 0.489 e. The van der Waals surface area contributed by atoms with E-state index in [1.807, 2.05) is 41.5 Å². The van der Waals surface area contributed by atoms with E-state index in [-0.39, 0.29) is 0 Å². The maximum atomic E-state index is 7.53.